The van der Waals surface area contributed by atoms with Crippen molar-refractivity contribution in [1.29, 1.82) is 0 Å². The highest BCUT2D eigenvalue weighted by Crippen LogP contribution is 2.38. The first-order valence-corrected chi connectivity index (χ1v) is 9.74. The topological polar surface area (TPSA) is 20.3 Å². The normalized spacial score (nSPS) is 19.0. The Balaban J connectivity index is 1.87. The summed E-state index contributed by atoms with van der Waals surface area (Å²) in [6.07, 6.45) is 4.55. The lowest BCUT2D eigenvalue weighted by Crippen LogP contribution is -2.45. The van der Waals surface area contributed by atoms with E-state index in [1.54, 1.807) is 11.8 Å². The molecular weight excluding hydrogens is 314 g/mol. The van der Waals surface area contributed by atoms with Crippen molar-refractivity contribution < 1.29 is 4.79 Å². The molecule has 1 aliphatic heterocycles. The summed E-state index contributed by atoms with van der Waals surface area (Å²) in [5.74, 6) is 0.265. The predicted molar refractivity (Wildman–Crippen MR) is 101 cm³/mol. The van der Waals surface area contributed by atoms with Gasteiger partial charge in [0.25, 0.3) is 0 Å². The summed E-state index contributed by atoms with van der Waals surface area (Å²) < 4.78 is 0. The van der Waals surface area contributed by atoms with Gasteiger partial charge in [0.05, 0.1) is 0 Å². The second-order valence-corrected chi connectivity index (χ2v) is 7.49. The Morgan fingerprint density at radius 2 is 1.75 bits per heavy atom. The Hall–Kier alpha value is -1.74. The Labute approximate surface area is 149 Å². The summed E-state index contributed by atoms with van der Waals surface area (Å²) in [7, 11) is 0. The van der Waals surface area contributed by atoms with E-state index in [-0.39, 0.29) is 11.2 Å². The van der Waals surface area contributed by atoms with Crippen LogP contribution in [0.25, 0.3) is 0 Å². The molecule has 3 heteroatoms. The summed E-state index contributed by atoms with van der Waals surface area (Å²) >= 11 is 1.66. The summed E-state index contributed by atoms with van der Waals surface area (Å²) in [5, 5.41) is -0.166. The Kier molecular flexibility index (Phi) is 5.97. The van der Waals surface area contributed by atoms with E-state index in [1.807, 2.05) is 36.4 Å². The van der Waals surface area contributed by atoms with Gasteiger partial charge >= 0.3 is 0 Å². The third kappa shape index (κ3) is 4.02. The number of hydrogen-bond donors (Lipinski definition) is 0. The third-order valence-corrected chi connectivity index (χ3v) is 5.96. The molecule has 0 aromatic heterocycles. The van der Waals surface area contributed by atoms with Crippen molar-refractivity contribution in [2.45, 2.75) is 48.8 Å². The van der Waals surface area contributed by atoms with Crippen LogP contribution in [-0.4, -0.2) is 23.4 Å². The molecule has 0 unspecified atom stereocenters. The number of hydrogen-bond acceptors (Lipinski definition) is 2. The Morgan fingerprint density at radius 1 is 1.08 bits per heavy atom. The van der Waals surface area contributed by atoms with Crippen LogP contribution in [-0.2, 0) is 4.79 Å². The molecule has 0 aliphatic carbocycles. The maximum Gasteiger partial charge on any atom is 0.240 e. The number of benzene rings is 2. The summed E-state index contributed by atoms with van der Waals surface area (Å²) in [5.41, 5.74) is 1.09. The van der Waals surface area contributed by atoms with Gasteiger partial charge in [-0.25, -0.2) is 0 Å². The molecule has 0 bridgehead atoms. The quantitative estimate of drug-likeness (QED) is 0.688. The van der Waals surface area contributed by atoms with Crippen molar-refractivity contribution in [3.8, 4) is 0 Å². The molecule has 0 spiro atoms. The average molecular weight is 340 g/mol. The van der Waals surface area contributed by atoms with Crippen LogP contribution in [0.4, 0.5) is 0 Å². The van der Waals surface area contributed by atoms with Crippen LogP contribution in [0, 0.1) is 0 Å². The standard InChI is InChI=1S/C21H25NOS/c1-2-18-13-9-10-16-22(18)21(23)20(17-11-5-3-6-12-17)24-19-14-7-4-8-15-19/h3-8,11-12,14-15,18,20H,2,9-10,13,16H2,1H3/t18-,20+/m0/s1. The lowest BCUT2D eigenvalue weighted by molar-refractivity contribution is -0.134. The van der Waals surface area contributed by atoms with Gasteiger partial charge in [0.15, 0.2) is 0 Å². The van der Waals surface area contributed by atoms with E-state index in [1.165, 1.54) is 6.42 Å². The van der Waals surface area contributed by atoms with Crippen LogP contribution < -0.4 is 0 Å². The van der Waals surface area contributed by atoms with Crippen molar-refractivity contribution in [3.63, 3.8) is 0 Å². The maximum atomic E-state index is 13.4. The van der Waals surface area contributed by atoms with Crippen LogP contribution in [0.15, 0.2) is 65.6 Å². The van der Waals surface area contributed by atoms with Crippen molar-refractivity contribution >= 4 is 17.7 Å². The zero-order valence-corrected chi connectivity index (χ0v) is 15.0. The minimum atomic E-state index is -0.166. The minimum Gasteiger partial charge on any atom is -0.338 e. The summed E-state index contributed by atoms with van der Waals surface area (Å²) in [6.45, 7) is 3.09. The van der Waals surface area contributed by atoms with E-state index in [2.05, 4.69) is 36.1 Å². The fourth-order valence-corrected chi connectivity index (χ4v) is 4.51. The number of rotatable bonds is 5. The Bertz CT molecular complexity index is 643. The number of thioether (sulfide) groups is 1. The third-order valence-electron chi connectivity index (χ3n) is 4.71. The van der Waals surface area contributed by atoms with Crippen molar-refractivity contribution in [2.24, 2.45) is 0 Å². The molecule has 1 saturated heterocycles. The van der Waals surface area contributed by atoms with E-state index in [0.717, 1.165) is 36.3 Å². The number of piperidine rings is 1. The van der Waals surface area contributed by atoms with Crippen molar-refractivity contribution in [2.75, 3.05) is 6.54 Å². The number of carbonyl (C=O) groups excluding carboxylic acids is 1. The monoisotopic (exact) mass is 339 g/mol. The SMILES string of the molecule is CC[C@H]1CCCCN1C(=O)[C@H](Sc1ccccc1)c1ccccc1. The van der Waals surface area contributed by atoms with E-state index >= 15 is 0 Å². The van der Waals surface area contributed by atoms with Gasteiger partial charge in [-0.15, -0.1) is 11.8 Å². The van der Waals surface area contributed by atoms with Gasteiger partial charge in [-0.2, -0.15) is 0 Å². The van der Waals surface area contributed by atoms with Gasteiger partial charge in [-0.3, -0.25) is 4.79 Å². The lowest BCUT2D eigenvalue weighted by Gasteiger charge is -2.37. The molecule has 2 atom stereocenters. The number of amides is 1. The number of likely N-dealkylation sites (tertiary alicyclic amines) is 1. The van der Waals surface area contributed by atoms with E-state index in [0.29, 0.717) is 6.04 Å². The Morgan fingerprint density at radius 3 is 2.42 bits per heavy atom. The molecule has 126 valence electrons. The first-order chi connectivity index (χ1) is 11.8. The highest BCUT2D eigenvalue weighted by atomic mass is 32.2. The molecule has 0 saturated carbocycles. The molecule has 2 aromatic carbocycles. The minimum absolute atomic E-state index is 0.166. The van der Waals surface area contributed by atoms with Gasteiger partial charge in [0, 0.05) is 17.5 Å². The van der Waals surface area contributed by atoms with Gasteiger partial charge in [-0.1, -0.05) is 55.5 Å². The molecular formula is C21H25NOS. The molecule has 1 aliphatic rings. The fourth-order valence-electron chi connectivity index (χ4n) is 3.39. The first-order valence-electron chi connectivity index (χ1n) is 8.86. The summed E-state index contributed by atoms with van der Waals surface area (Å²) in [6, 6.07) is 20.8. The molecule has 0 radical (unpaired) electrons. The van der Waals surface area contributed by atoms with Crippen molar-refractivity contribution in [1.82, 2.24) is 4.90 Å². The summed E-state index contributed by atoms with van der Waals surface area (Å²) in [4.78, 5) is 16.7. The predicted octanol–water partition coefficient (Wildman–Crippen LogP) is 5.31. The molecule has 3 rings (SSSR count). The zero-order valence-electron chi connectivity index (χ0n) is 14.2. The van der Waals surface area contributed by atoms with Crippen LogP contribution in [0.1, 0.15) is 43.4 Å². The smallest absolute Gasteiger partial charge is 0.240 e. The molecule has 0 N–H and O–H groups in total. The molecule has 1 fully saturated rings. The highest BCUT2D eigenvalue weighted by Gasteiger charge is 2.32. The fraction of sp³-hybridized carbons (Fsp3) is 0.381. The second-order valence-electron chi connectivity index (χ2n) is 6.31. The first kappa shape index (κ1) is 17.1. The molecule has 1 heterocycles. The van der Waals surface area contributed by atoms with E-state index < -0.39 is 0 Å². The molecule has 2 nitrogen and oxygen atoms in total. The number of nitrogens with zero attached hydrogens (tertiary/aromatic N) is 1. The molecule has 2 aromatic rings. The van der Waals surface area contributed by atoms with Gasteiger partial charge < -0.3 is 4.90 Å². The van der Waals surface area contributed by atoms with Gasteiger partial charge in [0.1, 0.15) is 5.25 Å². The van der Waals surface area contributed by atoms with Crippen LogP contribution in [0.2, 0.25) is 0 Å². The second kappa shape index (κ2) is 8.39. The largest absolute Gasteiger partial charge is 0.338 e. The van der Waals surface area contributed by atoms with Crippen LogP contribution in [0.3, 0.4) is 0 Å². The highest BCUT2D eigenvalue weighted by molar-refractivity contribution is 8.00. The van der Waals surface area contributed by atoms with E-state index in [9.17, 15) is 4.79 Å². The molecule has 24 heavy (non-hydrogen) atoms. The maximum absolute atomic E-state index is 13.4. The van der Waals surface area contributed by atoms with Crippen LogP contribution >= 0.6 is 11.8 Å². The number of carbonyl (C=O) groups is 1. The van der Waals surface area contributed by atoms with Crippen molar-refractivity contribution in [3.05, 3.63) is 66.2 Å². The van der Waals surface area contributed by atoms with Gasteiger partial charge in [0.2, 0.25) is 5.91 Å². The van der Waals surface area contributed by atoms with Crippen LogP contribution in [0.5, 0.6) is 0 Å². The van der Waals surface area contributed by atoms with E-state index in [4.69, 9.17) is 0 Å². The molecule has 1 amide bonds. The average Bonchev–Trinajstić information content (AvgIpc) is 2.67. The van der Waals surface area contributed by atoms with Gasteiger partial charge in [-0.05, 0) is 43.4 Å². The lowest BCUT2D eigenvalue weighted by atomic mass is 9.99. The zero-order chi connectivity index (χ0) is 16.8.